The number of amides is 2. The number of halogens is 2. The molecule has 26 heavy (non-hydrogen) atoms. The highest BCUT2D eigenvalue weighted by atomic mass is 35.5. The van der Waals surface area contributed by atoms with E-state index in [9.17, 15) is 9.59 Å². The molecule has 2 N–H and O–H groups in total. The Morgan fingerprint density at radius 1 is 1.42 bits per heavy atom. The molecule has 2 aromatic rings. The Kier molecular flexibility index (Phi) is 6.63. The minimum absolute atomic E-state index is 0. The molecule has 0 saturated carbocycles. The predicted octanol–water partition coefficient (Wildman–Crippen LogP) is 1.68. The van der Waals surface area contributed by atoms with Gasteiger partial charge in [0.15, 0.2) is 0 Å². The van der Waals surface area contributed by atoms with E-state index in [2.05, 4.69) is 15.7 Å². The van der Waals surface area contributed by atoms with E-state index >= 15 is 0 Å². The molecule has 1 fully saturated rings. The van der Waals surface area contributed by atoms with Crippen LogP contribution in [0.3, 0.4) is 0 Å². The van der Waals surface area contributed by atoms with E-state index in [4.69, 9.17) is 11.6 Å². The van der Waals surface area contributed by atoms with Gasteiger partial charge in [0.2, 0.25) is 11.8 Å². The van der Waals surface area contributed by atoms with Crippen LogP contribution >= 0.6 is 24.0 Å². The van der Waals surface area contributed by atoms with Crippen LogP contribution in [0.1, 0.15) is 18.0 Å². The fourth-order valence-corrected chi connectivity index (χ4v) is 3.19. The van der Waals surface area contributed by atoms with Gasteiger partial charge in [-0.2, -0.15) is 5.10 Å². The molecular formula is C17H21Cl2N5O2. The number of aryl methyl sites for hydroxylation is 1. The average molecular weight is 398 g/mol. The Morgan fingerprint density at radius 3 is 2.81 bits per heavy atom. The molecule has 1 aromatic carbocycles. The zero-order valence-electron chi connectivity index (χ0n) is 14.5. The molecule has 0 spiro atoms. The number of carbonyl (C=O) groups is 2. The Bertz CT molecular complexity index is 795. The standard InChI is InChI=1S/C17H20ClN5O2.ClH/c1-19-15(11-9-20-22(2)10-11)16(24)21-14-6-7-23(17(14)25)13-5-3-4-12(18)8-13;/h3-5,8-10,14-15,19H,6-7H2,1-2H3,(H,21,24);1H. The summed E-state index contributed by atoms with van der Waals surface area (Å²) in [5.41, 5.74) is 1.49. The predicted molar refractivity (Wildman–Crippen MR) is 103 cm³/mol. The number of hydrogen-bond donors (Lipinski definition) is 2. The number of nitrogens with one attached hydrogen (secondary N) is 2. The topological polar surface area (TPSA) is 79.3 Å². The molecule has 1 aromatic heterocycles. The van der Waals surface area contributed by atoms with Crippen molar-refractivity contribution in [1.29, 1.82) is 0 Å². The Balaban J connectivity index is 0.00000243. The minimum Gasteiger partial charge on any atom is -0.343 e. The summed E-state index contributed by atoms with van der Waals surface area (Å²) in [6.07, 6.45) is 3.96. The maximum atomic E-state index is 12.6. The van der Waals surface area contributed by atoms with Gasteiger partial charge in [-0.15, -0.1) is 12.4 Å². The van der Waals surface area contributed by atoms with Gasteiger partial charge in [0, 0.05) is 36.1 Å². The van der Waals surface area contributed by atoms with Crippen LogP contribution in [0.25, 0.3) is 0 Å². The first kappa shape index (κ1) is 20.2. The van der Waals surface area contributed by atoms with Crippen molar-refractivity contribution in [2.45, 2.75) is 18.5 Å². The first-order valence-electron chi connectivity index (χ1n) is 8.02. The van der Waals surface area contributed by atoms with E-state index < -0.39 is 12.1 Å². The highest BCUT2D eigenvalue weighted by molar-refractivity contribution is 6.31. The summed E-state index contributed by atoms with van der Waals surface area (Å²) < 4.78 is 1.63. The maximum absolute atomic E-state index is 12.6. The molecule has 0 aliphatic carbocycles. The third-order valence-electron chi connectivity index (χ3n) is 4.25. The van der Waals surface area contributed by atoms with Crippen LogP contribution in [0.5, 0.6) is 0 Å². The van der Waals surface area contributed by atoms with Crippen LogP contribution in [-0.4, -0.2) is 41.2 Å². The summed E-state index contributed by atoms with van der Waals surface area (Å²) in [5, 5.41) is 10.5. The summed E-state index contributed by atoms with van der Waals surface area (Å²) in [6, 6.07) is 6.04. The van der Waals surface area contributed by atoms with Gasteiger partial charge in [0.25, 0.3) is 0 Å². The number of hydrogen-bond acceptors (Lipinski definition) is 4. The molecule has 0 radical (unpaired) electrons. The van der Waals surface area contributed by atoms with Crippen LogP contribution in [0.4, 0.5) is 5.69 Å². The molecule has 0 bridgehead atoms. The lowest BCUT2D eigenvalue weighted by Gasteiger charge is -2.19. The molecule has 2 amide bonds. The van der Waals surface area contributed by atoms with Crippen molar-refractivity contribution in [3.05, 3.63) is 47.2 Å². The minimum atomic E-state index is -0.554. The van der Waals surface area contributed by atoms with Crippen LogP contribution < -0.4 is 15.5 Å². The molecule has 7 nitrogen and oxygen atoms in total. The van der Waals surface area contributed by atoms with Crippen molar-refractivity contribution in [2.75, 3.05) is 18.5 Å². The van der Waals surface area contributed by atoms with E-state index in [1.165, 1.54) is 0 Å². The third kappa shape index (κ3) is 4.17. The molecule has 2 heterocycles. The fraction of sp³-hybridized carbons (Fsp3) is 0.353. The zero-order valence-corrected chi connectivity index (χ0v) is 16.0. The van der Waals surface area contributed by atoms with Gasteiger partial charge in [-0.3, -0.25) is 14.3 Å². The van der Waals surface area contributed by atoms with Crippen LogP contribution in [0.15, 0.2) is 36.7 Å². The lowest BCUT2D eigenvalue weighted by molar-refractivity contribution is -0.127. The monoisotopic (exact) mass is 397 g/mol. The summed E-state index contributed by atoms with van der Waals surface area (Å²) in [7, 11) is 3.49. The second-order valence-corrected chi connectivity index (χ2v) is 6.43. The Morgan fingerprint density at radius 2 is 2.19 bits per heavy atom. The molecule has 1 saturated heterocycles. The number of rotatable bonds is 5. The fourth-order valence-electron chi connectivity index (χ4n) is 3.01. The van der Waals surface area contributed by atoms with E-state index in [0.29, 0.717) is 18.0 Å². The van der Waals surface area contributed by atoms with Crippen molar-refractivity contribution >= 4 is 41.5 Å². The summed E-state index contributed by atoms with van der Waals surface area (Å²) >= 11 is 6.00. The van der Waals surface area contributed by atoms with E-state index in [1.54, 1.807) is 54.3 Å². The molecule has 140 valence electrons. The average Bonchev–Trinajstić information content (AvgIpc) is 3.15. The van der Waals surface area contributed by atoms with Gasteiger partial charge in [0.1, 0.15) is 12.1 Å². The number of likely N-dealkylation sites (N-methyl/N-ethyl adjacent to an activating group) is 1. The van der Waals surface area contributed by atoms with Crippen molar-refractivity contribution in [1.82, 2.24) is 20.4 Å². The van der Waals surface area contributed by atoms with Gasteiger partial charge in [-0.25, -0.2) is 0 Å². The highest BCUT2D eigenvalue weighted by Crippen LogP contribution is 2.25. The number of carbonyl (C=O) groups excluding carboxylic acids is 2. The largest absolute Gasteiger partial charge is 0.343 e. The first-order valence-corrected chi connectivity index (χ1v) is 8.40. The van der Waals surface area contributed by atoms with Crippen molar-refractivity contribution in [2.24, 2.45) is 7.05 Å². The smallest absolute Gasteiger partial charge is 0.249 e. The second-order valence-electron chi connectivity index (χ2n) is 5.99. The van der Waals surface area contributed by atoms with Gasteiger partial charge < -0.3 is 15.5 Å². The molecule has 1 aliphatic rings. The number of benzene rings is 1. The SMILES string of the molecule is CNC(C(=O)NC1CCN(c2cccc(Cl)c2)C1=O)c1cnn(C)c1.Cl. The maximum Gasteiger partial charge on any atom is 0.249 e. The van der Waals surface area contributed by atoms with Crippen LogP contribution in [-0.2, 0) is 16.6 Å². The lowest BCUT2D eigenvalue weighted by Crippen LogP contribution is -2.45. The summed E-state index contributed by atoms with van der Waals surface area (Å²) in [5.74, 6) is -0.376. The number of aromatic nitrogens is 2. The van der Waals surface area contributed by atoms with Gasteiger partial charge in [0.05, 0.1) is 6.20 Å². The Hall–Kier alpha value is -2.09. The van der Waals surface area contributed by atoms with E-state index in [-0.39, 0.29) is 24.2 Å². The van der Waals surface area contributed by atoms with Crippen LogP contribution in [0.2, 0.25) is 5.02 Å². The number of anilines is 1. The normalized spacial score (nSPS) is 17.7. The van der Waals surface area contributed by atoms with Gasteiger partial charge in [-0.1, -0.05) is 17.7 Å². The summed E-state index contributed by atoms with van der Waals surface area (Å²) in [6.45, 7) is 0.543. The van der Waals surface area contributed by atoms with Crippen LogP contribution in [0, 0.1) is 0 Å². The third-order valence-corrected chi connectivity index (χ3v) is 4.49. The lowest BCUT2D eigenvalue weighted by atomic mass is 10.1. The molecule has 1 aliphatic heterocycles. The van der Waals surface area contributed by atoms with Crippen molar-refractivity contribution in [3.8, 4) is 0 Å². The molecule has 2 unspecified atom stereocenters. The number of nitrogens with zero attached hydrogens (tertiary/aromatic N) is 3. The quantitative estimate of drug-likeness (QED) is 0.804. The molecule has 9 heteroatoms. The molecule has 2 atom stereocenters. The second kappa shape index (κ2) is 8.53. The molecular weight excluding hydrogens is 377 g/mol. The van der Waals surface area contributed by atoms with Gasteiger partial charge in [-0.05, 0) is 31.7 Å². The van der Waals surface area contributed by atoms with E-state index in [0.717, 1.165) is 11.3 Å². The Labute approximate surface area is 163 Å². The van der Waals surface area contributed by atoms with Crippen molar-refractivity contribution in [3.63, 3.8) is 0 Å². The summed E-state index contributed by atoms with van der Waals surface area (Å²) in [4.78, 5) is 26.9. The van der Waals surface area contributed by atoms with Gasteiger partial charge >= 0.3 is 0 Å². The molecule has 3 rings (SSSR count). The van der Waals surface area contributed by atoms with Crippen molar-refractivity contribution < 1.29 is 9.59 Å². The zero-order chi connectivity index (χ0) is 18.0. The highest BCUT2D eigenvalue weighted by Gasteiger charge is 2.35. The van der Waals surface area contributed by atoms with E-state index in [1.807, 2.05) is 6.07 Å². The first-order chi connectivity index (χ1) is 12.0.